The molecule has 0 bridgehead atoms. The van der Waals surface area contributed by atoms with Crippen molar-refractivity contribution in [2.75, 3.05) is 7.11 Å². The topological polar surface area (TPSA) is 75.6 Å². The number of methoxy groups -OCH3 is 1. The number of carbonyl (C=O) groups is 2. The number of nitrogens with one attached hydrogen (secondary N) is 1. The van der Waals surface area contributed by atoms with Crippen molar-refractivity contribution in [2.45, 2.75) is 31.7 Å². The first-order valence-electron chi connectivity index (χ1n) is 6.63. The van der Waals surface area contributed by atoms with Gasteiger partial charge < -0.3 is 15.2 Å². The molecular formula is C15H19NO4. The minimum atomic E-state index is -1.17. The average molecular weight is 277 g/mol. The third kappa shape index (κ3) is 2.92. The molecule has 1 amide bonds. The molecule has 0 heterocycles. The van der Waals surface area contributed by atoms with Crippen LogP contribution in [0.5, 0.6) is 5.75 Å². The Balaban J connectivity index is 2.07. The lowest BCUT2D eigenvalue weighted by Gasteiger charge is -2.26. The molecule has 1 aliphatic rings. The van der Waals surface area contributed by atoms with Crippen molar-refractivity contribution in [1.29, 1.82) is 0 Å². The predicted octanol–water partition coefficient (Wildman–Crippen LogP) is 1.61. The number of para-hydroxylation sites is 1. The molecule has 1 aromatic rings. The maximum atomic E-state index is 12.1. The van der Waals surface area contributed by atoms with E-state index < -0.39 is 11.5 Å². The Bertz CT molecular complexity index is 524. The van der Waals surface area contributed by atoms with Crippen LogP contribution in [-0.2, 0) is 16.0 Å². The van der Waals surface area contributed by atoms with Crippen molar-refractivity contribution < 1.29 is 19.4 Å². The second-order valence-electron chi connectivity index (χ2n) is 5.32. The monoisotopic (exact) mass is 277 g/mol. The second-order valence-corrected chi connectivity index (χ2v) is 5.32. The van der Waals surface area contributed by atoms with Gasteiger partial charge in [0.05, 0.1) is 13.5 Å². The lowest BCUT2D eigenvalue weighted by Crippen LogP contribution is -2.54. The first kappa shape index (κ1) is 14.4. The van der Waals surface area contributed by atoms with Crippen LogP contribution in [0, 0.1) is 5.92 Å². The van der Waals surface area contributed by atoms with E-state index in [1.165, 1.54) is 0 Å². The van der Waals surface area contributed by atoms with E-state index in [0.717, 1.165) is 18.4 Å². The zero-order valence-electron chi connectivity index (χ0n) is 11.7. The highest BCUT2D eigenvalue weighted by Crippen LogP contribution is 2.39. The number of hydrogen-bond acceptors (Lipinski definition) is 3. The number of aliphatic carboxylic acids is 1. The normalized spacial score (nSPS) is 17.1. The molecule has 5 nitrogen and oxygen atoms in total. The van der Waals surface area contributed by atoms with E-state index >= 15 is 0 Å². The van der Waals surface area contributed by atoms with Crippen molar-refractivity contribution in [3.05, 3.63) is 29.8 Å². The summed E-state index contributed by atoms with van der Waals surface area (Å²) in [4.78, 5) is 23.5. The van der Waals surface area contributed by atoms with Gasteiger partial charge in [-0.15, -0.1) is 0 Å². The van der Waals surface area contributed by atoms with Crippen molar-refractivity contribution in [3.63, 3.8) is 0 Å². The van der Waals surface area contributed by atoms with Gasteiger partial charge in [0.1, 0.15) is 11.3 Å². The van der Waals surface area contributed by atoms with Crippen LogP contribution in [0.25, 0.3) is 0 Å². The number of benzene rings is 1. The van der Waals surface area contributed by atoms with Crippen LogP contribution in [0.1, 0.15) is 25.3 Å². The zero-order chi connectivity index (χ0) is 14.8. The Kier molecular flexibility index (Phi) is 3.97. The molecule has 1 aliphatic carbocycles. The SMILES string of the molecule is COc1ccccc1CC(=O)NC(C)(C(=O)O)C1CC1. The van der Waals surface area contributed by atoms with Crippen LogP contribution in [0.3, 0.4) is 0 Å². The molecule has 0 spiro atoms. The van der Waals surface area contributed by atoms with Gasteiger partial charge in [0.25, 0.3) is 0 Å². The molecule has 1 aromatic carbocycles. The third-order valence-electron chi connectivity index (χ3n) is 3.78. The summed E-state index contributed by atoms with van der Waals surface area (Å²) in [6.07, 6.45) is 1.80. The number of carbonyl (C=O) groups excluding carboxylic acids is 1. The molecule has 1 saturated carbocycles. The number of ether oxygens (including phenoxy) is 1. The van der Waals surface area contributed by atoms with Crippen LogP contribution in [0.4, 0.5) is 0 Å². The largest absolute Gasteiger partial charge is 0.496 e. The third-order valence-corrected chi connectivity index (χ3v) is 3.78. The van der Waals surface area contributed by atoms with Gasteiger partial charge in [-0.05, 0) is 31.7 Å². The number of hydrogen-bond donors (Lipinski definition) is 2. The summed E-state index contributed by atoms with van der Waals surface area (Å²) in [5.74, 6) is -0.618. The fourth-order valence-electron chi connectivity index (χ4n) is 2.35. The summed E-state index contributed by atoms with van der Waals surface area (Å²) in [7, 11) is 1.54. The Morgan fingerprint density at radius 2 is 2.05 bits per heavy atom. The van der Waals surface area contributed by atoms with Gasteiger partial charge in [0.2, 0.25) is 5.91 Å². The Hall–Kier alpha value is -2.04. The van der Waals surface area contributed by atoms with Crippen LogP contribution in [0.15, 0.2) is 24.3 Å². The van der Waals surface area contributed by atoms with E-state index in [2.05, 4.69) is 5.32 Å². The molecule has 5 heteroatoms. The standard InChI is InChI=1S/C15H19NO4/c1-15(14(18)19,11-7-8-11)16-13(17)9-10-5-3-4-6-12(10)20-2/h3-6,11H,7-9H2,1-2H3,(H,16,17)(H,18,19). The Labute approximate surface area is 117 Å². The second kappa shape index (κ2) is 5.53. The van der Waals surface area contributed by atoms with E-state index in [1.54, 1.807) is 26.2 Å². The molecule has 0 radical (unpaired) electrons. The zero-order valence-corrected chi connectivity index (χ0v) is 11.7. The van der Waals surface area contributed by atoms with Gasteiger partial charge in [-0.25, -0.2) is 4.79 Å². The van der Waals surface area contributed by atoms with E-state index in [0.29, 0.717) is 5.75 Å². The highest BCUT2D eigenvalue weighted by Gasteiger charge is 2.48. The molecule has 0 aliphatic heterocycles. The van der Waals surface area contributed by atoms with Gasteiger partial charge in [-0.2, -0.15) is 0 Å². The van der Waals surface area contributed by atoms with Crippen molar-refractivity contribution in [1.82, 2.24) is 5.32 Å². The number of carboxylic acid groups (broad SMARTS) is 1. The van der Waals surface area contributed by atoms with E-state index in [4.69, 9.17) is 4.74 Å². The van der Waals surface area contributed by atoms with Gasteiger partial charge in [0, 0.05) is 5.56 Å². The van der Waals surface area contributed by atoms with Crippen molar-refractivity contribution in [3.8, 4) is 5.75 Å². The van der Waals surface area contributed by atoms with Crippen LogP contribution >= 0.6 is 0 Å². The highest BCUT2D eigenvalue weighted by molar-refractivity contribution is 5.88. The first-order valence-corrected chi connectivity index (χ1v) is 6.63. The summed E-state index contributed by atoms with van der Waals surface area (Å²) in [6, 6.07) is 7.22. The number of amides is 1. The fraction of sp³-hybridized carbons (Fsp3) is 0.467. The van der Waals surface area contributed by atoms with E-state index in [-0.39, 0.29) is 18.2 Å². The van der Waals surface area contributed by atoms with Crippen molar-refractivity contribution >= 4 is 11.9 Å². The summed E-state index contributed by atoms with van der Waals surface area (Å²) < 4.78 is 5.19. The summed E-state index contributed by atoms with van der Waals surface area (Å²) in [5.41, 5.74) is -0.421. The maximum Gasteiger partial charge on any atom is 0.329 e. The van der Waals surface area contributed by atoms with Gasteiger partial charge in [-0.1, -0.05) is 18.2 Å². The fourth-order valence-corrected chi connectivity index (χ4v) is 2.35. The molecule has 1 unspecified atom stereocenters. The molecule has 1 atom stereocenters. The minimum absolute atomic E-state index is 0.0293. The predicted molar refractivity (Wildman–Crippen MR) is 73.6 cm³/mol. The van der Waals surface area contributed by atoms with Gasteiger partial charge >= 0.3 is 5.97 Å². The molecule has 20 heavy (non-hydrogen) atoms. The van der Waals surface area contributed by atoms with Crippen LogP contribution in [-0.4, -0.2) is 29.6 Å². The molecule has 2 N–H and O–H groups in total. The van der Waals surface area contributed by atoms with Crippen molar-refractivity contribution in [2.24, 2.45) is 5.92 Å². The number of carboxylic acids is 1. The molecule has 2 rings (SSSR count). The number of rotatable bonds is 6. The Morgan fingerprint density at radius 3 is 2.60 bits per heavy atom. The summed E-state index contributed by atoms with van der Waals surface area (Å²) in [6.45, 7) is 1.58. The van der Waals surface area contributed by atoms with Gasteiger partial charge in [-0.3, -0.25) is 4.79 Å². The minimum Gasteiger partial charge on any atom is -0.496 e. The van der Waals surface area contributed by atoms with E-state index in [1.807, 2.05) is 12.1 Å². The smallest absolute Gasteiger partial charge is 0.329 e. The lowest BCUT2D eigenvalue weighted by molar-refractivity contribution is -0.147. The lowest BCUT2D eigenvalue weighted by atomic mass is 9.95. The van der Waals surface area contributed by atoms with Crippen LogP contribution in [0.2, 0.25) is 0 Å². The molecule has 1 fully saturated rings. The molecule has 108 valence electrons. The Morgan fingerprint density at radius 1 is 1.40 bits per heavy atom. The van der Waals surface area contributed by atoms with E-state index in [9.17, 15) is 14.7 Å². The molecule has 0 aromatic heterocycles. The highest BCUT2D eigenvalue weighted by atomic mass is 16.5. The quantitative estimate of drug-likeness (QED) is 0.828. The molecule has 0 saturated heterocycles. The van der Waals surface area contributed by atoms with Gasteiger partial charge in [0.15, 0.2) is 0 Å². The first-order chi connectivity index (χ1) is 9.47. The molecular weight excluding hydrogens is 258 g/mol. The summed E-state index contributed by atoms with van der Waals surface area (Å²) in [5, 5.41) is 12.0. The summed E-state index contributed by atoms with van der Waals surface area (Å²) >= 11 is 0. The maximum absolute atomic E-state index is 12.1. The average Bonchev–Trinajstić information content (AvgIpc) is 3.23. The van der Waals surface area contributed by atoms with Crippen LogP contribution < -0.4 is 10.1 Å².